The van der Waals surface area contributed by atoms with Crippen LogP contribution in [0.2, 0.25) is 0 Å². The van der Waals surface area contributed by atoms with Gasteiger partial charge >= 0.3 is 0 Å². The van der Waals surface area contributed by atoms with Crippen LogP contribution in [0, 0.1) is 11.8 Å². The van der Waals surface area contributed by atoms with Gasteiger partial charge in [0.1, 0.15) is 29.7 Å². The average Bonchev–Trinajstić information content (AvgIpc) is 3.71. The SMILES string of the molecule is O=CNc1cc([C@@H](O)CNCCCc2ccc(OCCC[N+]34CCC(CC3)[C@@H](OC[C@@](O)(c3ccccc3)C3CCCC3)C4)cc2)ccc1O. The molecule has 3 aliphatic heterocycles. The lowest BCUT2D eigenvalue weighted by Gasteiger charge is -2.53. The summed E-state index contributed by atoms with van der Waals surface area (Å²) in [7, 11) is 0. The Hall–Kier alpha value is -3.47. The number of nitrogens with one attached hydrogen (secondary N) is 2. The monoisotopic (exact) mass is 686 g/mol. The lowest BCUT2D eigenvalue weighted by atomic mass is 9.80. The van der Waals surface area contributed by atoms with Gasteiger partial charge in [-0.05, 0) is 79.1 Å². The molecule has 270 valence electrons. The number of carbonyl (C=O) groups is 1. The molecule has 5 N–H and O–H groups in total. The predicted octanol–water partition coefficient (Wildman–Crippen LogP) is 5.69. The van der Waals surface area contributed by atoms with Crippen molar-refractivity contribution < 1.29 is 34.1 Å². The van der Waals surface area contributed by atoms with Crippen LogP contribution in [0.15, 0.2) is 72.8 Å². The molecule has 3 atom stereocenters. The van der Waals surface area contributed by atoms with Crippen molar-refractivity contribution >= 4 is 12.1 Å². The van der Waals surface area contributed by atoms with Crippen LogP contribution < -0.4 is 15.4 Å². The quantitative estimate of drug-likeness (QED) is 0.0476. The molecule has 9 heteroatoms. The Morgan fingerprint density at radius 2 is 1.72 bits per heavy atom. The van der Waals surface area contributed by atoms with Gasteiger partial charge < -0.3 is 39.9 Å². The number of aromatic hydroxyl groups is 1. The number of rotatable bonds is 19. The number of benzene rings is 3. The van der Waals surface area contributed by atoms with Crippen molar-refractivity contribution in [1.82, 2.24) is 5.32 Å². The molecular weight excluding hydrogens is 630 g/mol. The number of ether oxygens (including phenoxy) is 2. The number of quaternary nitrogens is 1. The first-order valence-electron chi connectivity index (χ1n) is 18.8. The summed E-state index contributed by atoms with van der Waals surface area (Å²) in [5.41, 5.74) is 2.25. The molecule has 0 aromatic heterocycles. The third-order valence-electron chi connectivity index (χ3n) is 11.6. The molecule has 3 aromatic carbocycles. The Balaban J connectivity index is 0.893. The first-order chi connectivity index (χ1) is 24.4. The molecule has 3 aromatic rings. The highest BCUT2D eigenvalue weighted by molar-refractivity contribution is 5.75. The summed E-state index contributed by atoms with van der Waals surface area (Å²) >= 11 is 0. The number of hydrogen-bond acceptors (Lipinski definition) is 7. The number of amides is 1. The molecule has 3 saturated heterocycles. The molecule has 1 amide bonds. The van der Waals surface area contributed by atoms with E-state index in [1.165, 1.54) is 50.4 Å². The van der Waals surface area contributed by atoms with Gasteiger partial charge in [-0.1, -0.05) is 61.4 Å². The van der Waals surface area contributed by atoms with E-state index >= 15 is 0 Å². The molecule has 0 spiro atoms. The van der Waals surface area contributed by atoms with Gasteiger partial charge in [0, 0.05) is 31.7 Å². The number of fused-ring (bicyclic) bond motifs is 3. The Morgan fingerprint density at radius 3 is 2.46 bits per heavy atom. The molecule has 4 fully saturated rings. The fraction of sp³-hybridized carbons (Fsp3) is 0.537. The van der Waals surface area contributed by atoms with Crippen molar-refractivity contribution in [1.29, 1.82) is 0 Å². The third kappa shape index (κ3) is 9.06. The highest BCUT2D eigenvalue weighted by atomic mass is 16.5. The number of phenols is 1. The smallest absolute Gasteiger partial charge is 0.211 e. The number of carbonyl (C=O) groups excluding carboxylic acids is 1. The highest BCUT2D eigenvalue weighted by Crippen LogP contribution is 2.42. The van der Waals surface area contributed by atoms with E-state index in [4.69, 9.17) is 9.47 Å². The van der Waals surface area contributed by atoms with E-state index in [1.807, 2.05) is 18.2 Å². The number of aryl methyl sites for hydroxylation is 1. The Morgan fingerprint density at radius 1 is 0.960 bits per heavy atom. The minimum absolute atomic E-state index is 0.0355. The van der Waals surface area contributed by atoms with Crippen molar-refractivity contribution in [2.75, 3.05) is 57.8 Å². The number of piperidine rings is 3. The zero-order valence-corrected chi connectivity index (χ0v) is 29.3. The van der Waals surface area contributed by atoms with Crippen LogP contribution in [-0.2, 0) is 21.6 Å². The molecule has 4 aliphatic rings. The molecule has 2 bridgehead atoms. The van der Waals surface area contributed by atoms with Crippen LogP contribution in [-0.4, -0.2) is 84.8 Å². The van der Waals surface area contributed by atoms with Crippen molar-refractivity contribution in [3.63, 3.8) is 0 Å². The molecule has 9 nitrogen and oxygen atoms in total. The molecule has 3 heterocycles. The summed E-state index contributed by atoms with van der Waals surface area (Å²) in [6, 6.07) is 23.3. The lowest BCUT2D eigenvalue weighted by Crippen LogP contribution is -2.65. The zero-order chi connectivity index (χ0) is 34.8. The maximum Gasteiger partial charge on any atom is 0.211 e. The Kier molecular flexibility index (Phi) is 12.5. The van der Waals surface area contributed by atoms with Gasteiger partial charge in [-0.15, -0.1) is 0 Å². The normalized spacial score (nSPS) is 23.7. The maximum atomic E-state index is 12.0. The minimum Gasteiger partial charge on any atom is -0.506 e. The number of nitrogens with zero attached hydrogens (tertiary/aromatic N) is 1. The molecular formula is C41H56N3O6+. The van der Waals surface area contributed by atoms with Crippen LogP contribution >= 0.6 is 0 Å². The van der Waals surface area contributed by atoms with E-state index in [0.29, 0.717) is 37.6 Å². The third-order valence-corrected chi connectivity index (χ3v) is 11.6. The fourth-order valence-electron chi connectivity index (χ4n) is 8.58. The summed E-state index contributed by atoms with van der Waals surface area (Å²) in [5.74, 6) is 1.73. The standard InChI is InChI=1S/C41H55N3O6/c45-30-43-37-26-33(15-18-38(37)46)39(47)27-42-21-6-8-31-13-16-36(17-14-31)49-25-7-22-44-23-19-32(20-24-44)40(28-44)50-29-41(48,35-11-4-5-12-35)34-9-2-1-3-10-34/h1-3,9-10,13-18,26,30,32,35,39-40,42,47-48H,4-8,11-12,19-25,27-29H2,(H-,43,45,46)/p+1/t32?,39-,40-,41+,44?/m0/s1. The molecule has 1 aliphatic carbocycles. The van der Waals surface area contributed by atoms with Gasteiger partial charge in [-0.2, -0.15) is 0 Å². The van der Waals surface area contributed by atoms with E-state index in [9.17, 15) is 20.1 Å². The second-order valence-corrected chi connectivity index (χ2v) is 14.9. The number of phenolic OH excluding ortho intramolecular Hbond substituents is 1. The summed E-state index contributed by atoms with van der Waals surface area (Å²) in [6.45, 7) is 6.80. The second-order valence-electron chi connectivity index (χ2n) is 14.9. The number of hydrogen-bond donors (Lipinski definition) is 5. The number of aliphatic hydroxyl groups excluding tert-OH is 1. The van der Waals surface area contributed by atoms with Gasteiger partial charge in [0.05, 0.1) is 44.6 Å². The number of aliphatic hydroxyl groups is 2. The summed E-state index contributed by atoms with van der Waals surface area (Å²) in [5, 5.41) is 38.0. The first kappa shape index (κ1) is 36.3. The van der Waals surface area contributed by atoms with Gasteiger partial charge in [0.25, 0.3) is 0 Å². The van der Waals surface area contributed by atoms with Crippen LogP contribution in [0.3, 0.4) is 0 Å². The van der Waals surface area contributed by atoms with Gasteiger partial charge in [-0.3, -0.25) is 4.79 Å². The van der Waals surface area contributed by atoms with Crippen molar-refractivity contribution in [3.8, 4) is 11.5 Å². The van der Waals surface area contributed by atoms with E-state index in [0.717, 1.165) is 67.5 Å². The van der Waals surface area contributed by atoms with Crippen LogP contribution in [0.25, 0.3) is 0 Å². The van der Waals surface area contributed by atoms with E-state index in [1.54, 1.807) is 12.1 Å². The van der Waals surface area contributed by atoms with Crippen LogP contribution in [0.5, 0.6) is 11.5 Å². The van der Waals surface area contributed by atoms with Crippen LogP contribution in [0.4, 0.5) is 5.69 Å². The Bertz CT molecular complexity index is 1490. The average molecular weight is 687 g/mol. The van der Waals surface area contributed by atoms with E-state index in [-0.39, 0.29) is 23.5 Å². The van der Waals surface area contributed by atoms with E-state index < -0.39 is 11.7 Å². The first-order valence-corrected chi connectivity index (χ1v) is 18.8. The van der Waals surface area contributed by atoms with Crippen molar-refractivity contribution in [2.45, 2.75) is 75.6 Å². The molecule has 7 rings (SSSR count). The zero-order valence-electron chi connectivity index (χ0n) is 29.3. The molecule has 0 unspecified atom stereocenters. The number of anilines is 1. The predicted molar refractivity (Wildman–Crippen MR) is 195 cm³/mol. The van der Waals surface area contributed by atoms with Gasteiger partial charge in [0.2, 0.25) is 6.41 Å². The fourth-order valence-corrected chi connectivity index (χ4v) is 8.58. The van der Waals surface area contributed by atoms with Crippen LogP contribution in [0.1, 0.15) is 74.2 Å². The molecule has 50 heavy (non-hydrogen) atoms. The largest absolute Gasteiger partial charge is 0.506 e. The van der Waals surface area contributed by atoms with Crippen molar-refractivity contribution in [3.05, 3.63) is 89.5 Å². The highest BCUT2D eigenvalue weighted by Gasteiger charge is 2.48. The molecule has 1 saturated carbocycles. The summed E-state index contributed by atoms with van der Waals surface area (Å²) in [4.78, 5) is 10.7. The topological polar surface area (TPSA) is 120 Å². The van der Waals surface area contributed by atoms with Gasteiger partial charge in [0.15, 0.2) is 0 Å². The summed E-state index contributed by atoms with van der Waals surface area (Å²) in [6.07, 6.45) is 9.76. The summed E-state index contributed by atoms with van der Waals surface area (Å²) < 4.78 is 14.0. The second kappa shape index (κ2) is 17.2. The maximum absolute atomic E-state index is 12.0. The van der Waals surface area contributed by atoms with E-state index in [2.05, 4.69) is 47.0 Å². The Labute approximate surface area is 297 Å². The molecule has 0 radical (unpaired) electrons. The lowest BCUT2D eigenvalue weighted by molar-refractivity contribution is -0.946. The van der Waals surface area contributed by atoms with Gasteiger partial charge in [-0.25, -0.2) is 0 Å². The van der Waals surface area contributed by atoms with Crippen molar-refractivity contribution in [2.24, 2.45) is 11.8 Å². The minimum atomic E-state index is -0.906.